The van der Waals surface area contributed by atoms with Gasteiger partial charge in [-0.25, -0.2) is 0 Å². The third-order valence-electron chi connectivity index (χ3n) is 5.55. The van der Waals surface area contributed by atoms with Gasteiger partial charge in [-0.3, -0.25) is 9.36 Å². The molecule has 0 fully saturated rings. The van der Waals surface area contributed by atoms with Crippen LogP contribution < -0.4 is 31.7 Å². The quantitative estimate of drug-likeness (QED) is 0.507. The molecule has 0 radical (unpaired) electrons. The molecule has 0 aliphatic carbocycles. The van der Waals surface area contributed by atoms with Crippen molar-refractivity contribution in [2.75, 3.05) is 6.54 Å². The Morgan fingerprint density at radius 3 is 2.59 bits per heavy atom. The van der Waals surface area contributed by atoms with Crippen LogP contribution in [0.1, 0.15) is 26.3 Å². The van der Waals surface area contributed by atoms with E-state index in [0.717, 1.165) is 33.5 Å². The van der Waals surface area contributed by atoms with Gasteiger partial charge in [0.05, 0.1) is 14.6 Å². The van der Waals surface area contributed by atoms with Crippen LogP contribution in [0.25, 0.3) is 23.1 Å². The number of thiazole rings is 1. The number of hydrogen-bond donors (Lipinski definition) is 0. The van der Waals surface area contributed by atoms with Crippen molar-refractivity contribution in [1.29, 1.82) is 0 Å². The fourth-order valence-corrected chi connectivity index (χ4v) is 4.96. The van der Waals surface area contributed by atoms with Gasteiger partial charge in [0.25, 0.3) is 5.56 Å². The summed E-state index contributed by atoms with van der Waals surface area (Å²) in [5.41, 5.74) is 3.49. The topological polar surface area (TPSA) is 29.1 Å². The van der Waals surface area contributed by atoms with Crippen LogP contribution in [0, 0.1) is 0 Å². The molecule has 0 saturated heterocycles. The molecule has 1 aliphatic rings. The molecule has 0 atom stereocenters. The molecule has 0 unspecified atom stereocenters. The van der Waals surface area contributed by atoms with Crippen LogP contribution in [-0.4, -0.2) is 16.0 Å². The number of hydrogen-bond acceptors (Lipinski definition) is 3. The molecule has 3 heterocycles. The summed E-state index contributed by atoms with van der Waals surface area (Å²) in [5, 5.41) is 1.20. The minimum absolute atomic E-state index is 0. The fourth-order valence-electron chi connectivity index (χ4n) is 3.89. The van der Waals surface area contributed by atoms with Gasteiger partial charge in [-0.05, 0) is 62.8 Å². The van der Waals surface area contributed by atoms with Crippen molar-refractivity contribution in [1.82, 2.24) is 9.47 Å². The predicted molar refractivity (Wildman–Crippen MR) is 130 cm³/mol. The molecule has 1 aliphatic heterocycles. The molecule has 166 valence electrons. The molecule has 2 aromatic heterocycles. The lowest BCUT2D eigenvalue weighted by molar-refractivity contribution is -0.667. The van der Waals surface area contributed by atoms with E-state index >= 15 is 0 Å². The first-order valence-electron chi connectivity index (χ1n) is 10.8. The van der Waals surface area contributed by atoms with Gasteiger partial charge in [-0.2, -0.15) is 4.57 Å². The Hall–Kier alpha value is -2.89. The summed E-state index contributed by atoms with van der Waals surface area (Å²) < 4.78 is 5.83. The number of aromatic nitrogens is 2. The zero-order valence-electron chi connectivity index (χ0n) is 18.7. The monoisotopic (exact) mass is 465 g/mol. The average Bonchev–Trinajstić information content (AvgIpc) is 3.11. The highest BCUT2D eigenvalue weighted by atomic mass is 35.5. The van der Waals surface area contributed by atoms with Crippen molar-refractivity contribution in [2.45, 2.75) is 33.9 Å². The zero-order chi connectivity index (χ0) is 21.8. The Morgan fingerprint density at radius 2 is 1.84 bits per heavy atom. The Labute approximate surface area is 198 Å². The lowest BCUT2D eigenvalue weighted by atomic mass is 10.1. The summed E-state index contributed by atoms with van der Waals surface area (Å²) in [6.45, 7) is 8.75. The van der Waals surface area contributed by atoms with E-state index < -0.39 is 0 Å². The first kappa shape index (κ1) is 23.8. The van der Waals surface area contributed by atoms with Gasteiger partial charge >= 0.3 is 0 Å². The third kappa shape index (κ3) is 4.64. The molecule has 3 aromatic rings. The van der Waals surface area contributed by atoms with Gasteiger partial charge in [0.15, 0.2) is 6.20 Å². The van der Waals surface area contributed by atoms with E-state index in [9.17, 15) is 4.79 Å². The van der Waals surface area contributed by atoms with Crippen LogP contribution in [0.3, 0.4) is 0 Å². The molecule has 4 nitrogen and oxygen atoms in total. The Balaban J connectivity index is 0.00000289. The van der Waals surface area contributed by atoms with Crippen molar-refractivity contribution in [3.8, 4) is 0 Å². The molecule has 1 aromatic carbocycles. The van der Waals surface area contributed by atoms with Crippen LogP contribution >= 0.6 is 11.3 Å². The normalized spacial score (nSPS) is 15.7. The number of halogens is 1. The molecule has 32 heavy (non-hydrogen) atoms. The molecule has 0 amide bonds. The Morgan fingerprint density at radius 1 is 1.03 bits per heavy atom. The molecule has 0 bridgehead atoms. The molecule has 0 saturated carbocycles. The third-order valence-corrected chi connectivity index (χ3v) is 6.63. The number of allylic oxidation sites excluding steroid dienone is 4. The number of para-hydroxylation sites is 1. The summed E-state index contributed by atoms with van der Waals surface area (Å²) in [6, 6.07) is 10.6. The van der Waals surface area contributed by atoms with Crippen molar-refractivity contribution >= 4 is 34.4 Å². The Kier molecular flexibility index (Phi) is 7.89. The van der Waals surface area contributed by atoms with Crippen molar-refractivity contribution in [3.05, 3.63) is 97.8 Å². The van der Waals surface area contributed by atoms with E-state index in [0.29, 0.717) is 6.54 Å². The summed E-state index contributed by atoms with van der Waals surface area (Å²) >= 11 is 1.55. The standard InChI is InChI=1S/C26H28N3OS.ClH/c1-4-27-17-10-9-11-21(27)14-15-24-26(30)29(6-3)25(31-24)19-20-16-18-28(5-2)23-13-8-7-12-22(20)23;/h7-19H,4-6H2,1-3H3;1H/q+1;/p-1/b21-14+,24-15-;. The van der Waals surface area contributed by atoms with Gasteiger partial charge in [0, 0.05) is 37.1 Å². The van der Waals surface area contributed by atoms with E-state index in [2.05, 4.69) is 78.2 Å². The minimum Gasteiger partial charge on any atom is -1.00 e. The van der Waals surface area contributed by atoms with Crippen LogP contribution in [0.5, 0.6) is 0 Å². The number of rotatable bonds is 5. The lowest BCUT2D eigenvalue weighted by Crippen LogP contribution is -3.00. The molecule has 6 heteroatoms. The van der Waals surface area contributed by atoms with Crippen molar-refractivity contribution in [3.63, 3.8) is 0 Å². The highest BCUT2D eigenvalue weighted by molar-refractivity contribution is 7.07. The Bertz CT molecular complexity index is 1380. The van der Waals surface area contributed by atoms with Crippen molar-refractivity contribution in [2.24, 2.45) is 0 Å². The average molecular weight is 466 g/mol. The van der Waals surface area contributed by atoms with Gasteiger partial charge in [0.1, 0.15) is 6.54 Å². The summed E-state index contributed by atoms with van der Waals surface area (Å²) in [5.74, 6) is 0. The molecule has 0 spiro atoms. The second-order valence-electron chi connectivity index (χ2n) is 7.32. The molecular weight excluding hydrogens is 438 g/mol. The van der Waals surface area contributed by atoms with Crippen LogP contribution in [0.2, 0.25) is 0 Å². The van der Waals surface area contributed by atoms with Crippen LogP contribution in [0.15, 0.2) is 77.5 Å². The highest BCUT2D eigenvalue weighted by Gasteiger charge is 2.10. The van der Waals surface area contributed by atoms with Crippen LogP contribution in [-0.2, 0) is 13.1 Å². The second-order valence-corrected chi connectivity index (χ2v) is 8.38. The number of benzene rings is 1. The van der Waals surface area contributed by atoms with Gasteiger partial charge < -0.3 is 17.3 Å². The minimum atomic E-state index is 0. The van der Waals surface area contributed by atoms with Gasteiger partial charge in [0.2, 0.25) is 5.52 Å². The maximum atomic E-state index is 13.0. The maximum Gasteiger partial charge on any atom is 0.269 e. The van der Waals surface area contributed by atoms with E-state index in [4.69, 9.17) is 0 Å². The van der Waals surface area contributed by atoms with Crippen LogP contribution in [0.4, 0.5) is 0 Å². The first-order valence-corrected chi connectivity index (χ1v) is 11.6. The first-order chi connectivity index (χ1) is 15.2. The number of likely N-dealkylation sites (N-methyl/N-ethyl adjacent to an activating group) is 1. The number of aryl methyl sites for hydroxylation is 1. The van der Waals surface area contributed by atoms with E-state index in [1.807, 2.05) is 35.8 Å². The fraction of sp³-hybridized carbons (Fsp3) is 0.231. The summed E-state index contributed by atoms with van der Waals surface area (Å²) in [7, 11) is 0. The SMILES string of the molecule is CCN1C=CC=C/C1=C\C=c1/s/c(=C\c2cc[n+](CC)c3ccccc23)n(CC)c1=O.[Cl-]. The molecular formula is C26H28ClN3OS. The zero-order valence-corrected chi connectivity index (χ0v) is 20.2. The van der Waals surface area contributed by atoms with E-state index in [1.54, 1.807) is 11.3 Å². The maximum absolute atomic E-state index is 13.0. The summed E-state index contributed by atoms with van der Waals surface area (Å²) in [4.78, 5) is 15.2. The lowest BCUT2D eigenvalue weighted by Gasteiger charge is -2.21. The predicted octanol–water partition coefficient (Wildman–Crippen LogP) is 0.293. The van der Waals surface area contributed by atoms with Crippen molar-refractivity contribution < 1.29 is 17.0 Å². The van der Waals surface area contributed by atoms with Gasteiger partial charge in [-0.1, -0.05) is 18.2 Å². The second kappa shape index (κ2) is 10.6. The largest absolute Gasteiger partial charge is 1.00 e. The highest BCUT2D eigenvalue weighted by Crippen LogP contribution is 2.16. The molecule has 0 N–H and O–H groups in total. The molecule has 4 rings (SSSR count). The summed E-state index contributed by atoms with van der Waals surface area (Å²) in [6.07, 6.45) is 16.4. The number of fused-ring (bicyclic) bond motifs is 1. The van der Waals surface area contributed by atoms with E-state index in [1.165, 1.54) is 10.9 Å². The number of pyridine rings is 1. The number of nitrogens with zero attached hydrogens (tertiary/aromatic N) is 3. The van der Waals surface area contributed by atoms with Gasteiger partial charge in [-0.15, -0.1) is 11.3 Å². The van der Waals surface area contributed by atoms with E-state index in [-0.39, 0.29) is 18.0 Å². The smallest absolute Gasteiger partial charge is 0.269 e.